The third kappa shape index (κ3) is 3.96. The van der Waals surface area contributed by atoms with Crippen LogP contribution in [0.1, 0.15) is 5.56 Å². The molecule has 1 aromatic carbocycles. The van der Waals surface area contributed by atoms with E-state index in [1.807, 2.05) is 47.8 Å². The second-order valence-corrected chi connectivity index (χ2v) is 5.92. The van der Waals surface area contributed by atoms with Crippen LogP contribution in [0, 0.1) is 0 Å². The zero-order chi connectivity index (χ0) is 16.1. The summed E-state index contributed by atoms with van der Waals surface area (Å²) in [5.41, 5.74) is 3.09. The van der Waals surface area contributed by atoms with Crippen molar-refractivity contribution in [1.29, 1.82) is 0 Å². The van der Waals surface area contributed by atoms with E-state index in [0.29, 0.717) is 6.42 Å². The van der Waals surface area contributed by atoms with E-state index in [1.165, 1.54) is 11.3 Å². The fourth-order valence-corrected chi connectivity index (χ4v) is 3.07. The number of rotatable bonds is 5. The highest BCUT2D eigenvalue weighted by atomic mass is 32.1. The summed E-state index contributed by atoms with van der Waals surface area (Å²) in [6.45, 7) is 0. The fraction of sp³-hybridized carbons (Fsp3) is 0.111. The molecule has 116 valence electrons. The molecule has 1 N–H and O–H groups in total. The summed E-state index contributed by atoms with van der Waals surface area (Å²) >= 11 is 1.51. The van der Waals surface area contributed by atoms with Crippen molar-refractivity contribution in [2.45, 2.75) is 6.42 Å². The molecule has 0 radical (unpaired) electrons. The number of hydrogen-bond acceptors (Lipinski definition) is 4. The van der Waals surface area contributed by atoms with Crippen LogP contribution in [0.4, 0.5) is 5.00 Å². The molecule has 0 saturated heterocycles. The zero-order valence-corrected chi connectivity index (χ0v) is 13.5. The second kappa shape index (κ2) is 7.07. The number of ether oxygens (including phenoxy) is 1. The third-order valence-electron chi connectivity index (χ3n) is 3.37. The van der Waals surface area contributed by atoms with Crippen molar-refractivity contribution in [1.82, 2.24) is 4.98 Å². The molecule has 0 spiro atoms. The first-order valence-corrected chi connectivity index (χ1v) is 8.04. The molecule has 1 amide bonds. The lowest BCUT2D eigenvalue weighted by molar-refractivity contribution is -0.115. The monoisotopic (exact) mass is 324 g/mol. The molecular formula is C18H16N2O2S. The molecule has 0 aliphatic rings. The smallest absolute Gasteiger partial charge is 0.229 e. The number of pyridine rings is 1. The van der Waals surface area contributed by atoms with Gasteiger partial charge in [0.2, 0.25) is 5.91 Å². The molecule has 5 heteroatoms. The van der Waals surface area contributed by atoms with Gasteiger partial charge in [0.1, 0.15) is 5.75 Å². The molecule has 3 aromatic rings. The van der Waals surface area contributed by atoms with Gasteiger partial charge in [-0.15, -0.1) is 11.3 Å². The van der Waals surface area contributed by atoms with Crippen LogP contribution in [0.5, 0.6) is 5.75 Å². The number of carbonyl (C=O) groups excluding carboxylic acids is 1. The van der Waals surface area contributed by atoms with Crippen LogP contribution in [0.25, 0.3) is 11.1 Å². The fourth-order valence-electron chi connectivity index (χ4n) is 2.25. The Bertz CT molecular complexity index is 800. The molecule has 2 heterocycles. The maximum atomic E-state index is 12.2. The minimum Gasteiger partial charge on any atom is -0.497 e. The van der Waals surface area contributed by atoms with Crippen molar-refractivity contribution in [3.05, 3.63) is 65.8 Å². The van der Waals surface area contributed by atoms with Crippen LogP contribution in [0.3, 0.4) is 0 Å². The minimum absolute atomic E-state index is 0.0404. The SMILES string of the molecule is COc1cccc(CC(=O)Nc2cc(-c3ccncc3)cs2)c1. The van der Waals surface area contributed by atoms with Gasteiger partial charge in [0.05, 0.1) is 18.5 Å². The van der Waals surface area contributed by atoms with Crippen LogP contribution < -0.4 is 10.1 Å². The van der Waals surface area contributed by atoms with Gasteiger partial charge in [-0.3, -0.25) is 9.78 Å². The summed E-state index contributed by atoms with van der Waals surface area (Å²) in [4.78, 5) is 16.2. The highest BCUT2D eigenvalue weighted by Crippen LogP contribution is 2.28. The third-order valence-corrected chi connectivity index (χ3v) is 4.22. The quantitative estimate of drug-likeness (QED) is 0.772. The molecule has 2 aromatic heterocycles. The standard InChI is InChI=1S/C18H16N2O2S/c1-22-16-4-2-3-13(9-16)10-17(21)20-18-11-15(12-23-18)14-5-7-19-8-6-14/h2-9,11-12H,10H2,1H3,(H,20,21). The van der Waals surface area contributed by atoms with Gasteiger partial charge in [0, 0.05) is 17.8 Å². The molecule has 0 bridgehead atoms. The van der Waals surface area contributed by atoms with E-state index < -0.39 is 0 Å². The lowest BCUT2D eigenvalue weighted by atomic mass is 10.1. The van der Waals surface area contributed by atoms with E-state index in [-0.39, 0.29) is 5.91 Å². The first kappa shape index (κ1) is 15.2. The predicted octanol–water partition coefficient (Wildman–Crippen LogP) is 4.00. The average molecular weight is 324 g/mol. The summed E-state index contributed by atoms with van der Waals surface area (Å²) < 4.78 is 5.17. The van der Waals surface area contributed by atoms with Gasteiger partial charge in [0.15, 0.2) is 0 Å². The van der Waals surface area contributed by atoms with Crippen LogP contribution in [-0.2, 0) is 11.2 Å². The summed E-state index contributed by atoms with van der Waals surface area (Å²) in [7, 11) is 1.62. The highest BCUT2D eigenvalue weighted by Gasteiger charge is 2.08. The Morgan fingerprint density at radius 2 is 2.00 bits per heavy atom. The number of nitrogens with one attached hydrogen (secondary N) is 1. The first-order valence-electron chi connectivity index (χ1n) is 7.16. The number of aromatic nitrogens is 1. The maximum Gasteiger partial charge on any atom is 0.229 e. The highest BCUT2D eigenvalue weighted by molar-refractivity contribution is 7.14. The van der Waals surface area contributed by atoms with Crippen LogP contribution in [-0.4, -0.2) is 18.0 Å². The van der Waals surface area contributed by atoms with E-state index in [2.05, 4.69) is 10.3 Å². The lowest BCUT2D eigenvalue weighted by Gasteiger charge is -2.05. The molecule has 0 aliphatic heterocycles. The molecule has 0 fully saturated rings. The van der Waals surface area contributed by atoms with Crippen molar-refractivity contribution in [2.24, 2.45) is 0 Å². The van der Waals surface area contributed by atoms with Gasteiger partial charge in [-0.25, -0.2) is 0 Å². The number of carbonyl (C=O) groups is 1. The topological polar surface area (TPSA) is 51.2 Å². The minimum atomic E-state index is -0.0404. The van der Waals surface area contributed by atoms with Crippen LogP contribution in [0.2, 0.25) is 0 Å². The Hall–Kier alpha value is -2.66. The number of benzene rings is 1. The maximum absolute atomic E-state index is 12.2. The molecule has 0 aliphatic carbocycles. The summed E-state index contributed by atoms with van der Waals surface area (Å²) in [5.74, 6) is 0.716. The van der Waals surface area contributed by atoms with Gasteiger partial charge in [-0.2, -0.15) is 0 Å². The number of methoxy groups -OCH3 is 1. The normalized spacial score (nSPS) is 10.3. The Morgan fingerprint density at radius 3 is 2.78 bits per heavy atom. The molecule has 4 nitrogen and oxygen atoms in total. The van der Waals surface area contributed by atoms with Crippen molar-refractivity contribution in [2.75, 3.05) is 12.4 Å². The summed E-state index contributed by atoms with van der Waals surface area (Å²) in [6.07, 6.45) is 3.84. The van der Waals surface area contributed by atoms with E-state index in [0.717, 1.165) is 27.4 Å². The van der Waals surface area contributed by atoms with Crippen molar-refractivity contribution in [3.63, 3.8) is 0 Å². The van der Waals surface area contributed by atoms with E-state index >= 15 is 0 Å². The van der Waals surface area contributed by atoms with Gasteiger partial charge in [-0.1, -0.05) is 12.1 Å². The van der Waals surface area contributed by atoms with Crippen molar-refractivity contribution >= 4 is 22.2 Å². The Balaban J connectivity index is 1.65. The van der Waals surface area contributed by atoms with Crippen molar-refractivity contribution in [3.8, 4) is 16.9 Å². The Morgan fingerprint density at radius 1 is 1.17 bits per heavy atom. The van der Waals surface area contributed by atoms with Gasteiger partial charge in [0.25, 0.3) is 0 Å². The number of hydrogen-bond donors (Lipinski definition) is 1. The zero-order valence-electron chi connectivity index (χ0n) is 12.7. The summed E-state index contributed by atoms with van der Waals surface area (Å²) in [6, 6.07) is 13.4. The number of anilines is 1. The predicted molar refractivity (Wildman–Crippen MR) is 92.9 cm³/mol. The Kier molecular flexibility index (Phi) is 4.68. The molecule has 3 rings (SSSR count). The summed E-state index contributed by atoms with van der Waals surface area (Å²) in [5, 5.41) is 5.80. The molecule has 23 heavy (non-hydrogen) atoms. The number of thiophene rings is 1. The van der Waals surface area contributed by atoms with Gasteiger partial charge < -0.3 is 10.1 Å². The number of amides is 1. The van der Waals surface area contributed by atoms with E-state index in [1.54, 1.807) is 19.5 Å². The first-order chi connectivity index (χ1) is 11.2. The molecule has 0 unspecified atom stereocenters. The van der Waals surface area contributed by atoms with Crippen molar-refractivity contribution < 1.29 is 9.53 Å². The van der Waals surface area contributed by atoms with Gasteiger partial charge >= 0.3 is 0 Å². The van der Waals surface area contributed by atoms with Gasteiger partial charge in [-0.05, 0) is 47.0 Å². The lowest BCUT2D eigenvalue weighted by Crippen LogP contribution is -2.13. The molecule has 0 saturated carbocycles. The largest absolute Gasteiger partial charge is 0.497 e. The second-order valence-electron chi connectivity index (χ2n) is 5.01. The molecule has 0 atom stereocenters. The molecular weight excluding hydrogens is 308 g/mol. The Labute approximate surface area is 138 Å². The average Bonchev–Trinajstić information content (AvgIpc) is 3.04. The number of nitrogens with zero attached hydrogens (tertiary/aromatic N) is 1. The van der Waals surface area contributed by atoms with Crippen LogP contribution in [0.15, 0.2) is 60.2 Å². The van der Waals surface area contributed by atoms with E-state index in [4.69, 9.17) is 4.74 Å². The van der Waals surface area contributed by atoms with E-state index in [9.17, 15) is 4.79 Å². The van der Waals surface area contributed by atoms with Crippen LogP contribution >= 0.6 is 11.3 Å².